The molecule has 26 heavy (non-hydrogen) atoms. The van der Waals surface area contributed by atoms with Crippen molar-refractivity contribution in [1.82, 2.24) is 4.90 Å². The maximum Gasteiger partial charge on any atom is 0.311 e. The molecule has 136 valence electrons. The number of carboxylic acid groups (broad SMARTS) is 1. The van der Waals surface area contributed by atoms with Gasteiger partial charge in [0.2, 0.25) is 0 Å². The Morgan fingerprint density at radius 1 is 1.12 bits per heavy atom. The average molecular weight is 368 g/mol. The molecule has 4 rings (SSSR count). The molecule has 0 amide bonds. The number of nitrogens with zero attached hydrogens (tertiary/aromatic N) is 1. The SMILES string of the molecule is CC(C(=O)O)c1cc2c(s1)C(=C1CCN(C)CC1)c1ccccc1CC2. The van der Waals surface area contributed by atoms with Gasteiger partial charge in [0, 0.05) is 22.8 Å². The Bertz CT molecular complexity index is 870. The van der Waals surface area contributed by atoms with Crippen LogP contribution in [0.1, 0.15) is 52.1 Å². The number of aryl methyl sites for hydroxylation is 2. The second-order valence-electron chi connectivity index (χ2n) is 7.50. The predicted molar refractivity (Wildman–Crippen MR) is 107 cm³/mol. The molecule has 1 aromatic carbocycles. The molecule has 4 heteroatoms. The normalized spacial score (nSPS) is 18.8. The van der Waals surface area contributed by atoms with E-state index in [9.17, 15) is 9.90 Å². The number of rotatable bonds is 2. The Labute approximate surface area is 159 Å². The Balaban J connectivity index is 1.88. The number of likely N-dealkylation sites (tertiary alicyclic amines) is 1. The first-order valence-electron chi connectivity index (χ1n) is 9.39. The van der Waals surface area contributed by atoms with Crippen molar-refractivity contribution >= 4 is 22.9 Å². The molecule has 2 aromatic rings. The summed E-state index contributed by atoms with van der Waals surface area (Å²) in [5.74, 6) is -1.18. The number of hydrogen-bond acceptors (Lipinski definition) is 3. The Kier molecular flexibility index (Phi) is 4.72. The third-order valence-corrected chi connectivity index (χ3v) is 7.12. The monoisotopic (exact) mass is 367 g/mol. The first-order chi connectivity index (χ1) is 12.5. The van der Waals surface area contributed by atoms with Crippen LogP contribution in [0.2, 0.25) is 0 Å². The van der Waals surface area contributed by atoms with Crippen molar-refractivity contribution in [3.63, 3.8) is 0 Å². The van der Waals surface area contributed by atoms with Gasteiger partial charge in [-0.25, -0.2) is 0 Å². The summed E-state index contributed by atoms with van der Waals surface area (Å²) in [5.41, 5.74) is 7.05. The largest absolute Gasteiger partial charge is 0.481 e. The zero-order valence-corrected chi connectivity index (χ0v) is 16.2. The molecule has 0 saturated carbocycles. The van der Waals surface area contributed by atoms with E-state index in [2.05, 4.69) is 42.3 Å². The third-order valence-electron chi connectivity index (χ3n) is 5.75. The van der Waals surface area contributed by atoms with E-state index in [1.54, 1.807) is 18.3 Å². The molecule has 0 spiro atoms. The molecule has 3 nitrogen and oxygen atoms in total. The lowest BCUT2D eigenvalue weighted by Crippen LogP contribution is -2.26. The number of carboxylic acids is 1. The fourth-order valence-corrected chi connectivity index (χ4v) is 5.41. The second-order valence-corrected chi connectivity index (χ2v) is 8.59. The summed E-state index contributed by atoms with van der Waals surface area (Å²) in [6, 6.07) is 10.9. The number of hydrogen-bond donors (Lipinski definition) is 1. The molecule has 0 radical (unpaired) electrons. The highest BCUT2D eigenvalue weighted by atomic mass is 32.1. The van der Waals surface area contributed by atoms with Crippen molar-refractivity contribution in [3.05, 3.63) is 62.3 Å². The molecule has 1 aliphatic carbocycles. The van der Waals surface area contributed by atoms with Crippen LogP contribution in [0.4, 0.5) is 0 Å². The highest BCUT2D eigenvalue weighted by molar-refractivity contribution is 7.13. The van der Waals surface area contributed by atoms with E-state index < -0.39 is 11.9 Å². The number of aliphatic carboxylic acids is 1. The summed E-state index contributed by atoms with van der Waals surface area (Å²) in [7, 11) is 2.19. The van der Waals surface area contributed by atoms with Crippen LogP contribution in [-0.2, 0) is 17.6 Å². The van der Waals surface area contributed by atoms with Gasteiger partial charge < -0.3 is 10.0 Å². The number of carbonyl (C=O) groups is 1. The van der Waals surface area contributed by atoms with Crippen LogP contribution in [-0.4, -0.2) is 36.1 Å². The van der Waals surface area contributed by atoms with Crippen LogP contribution in [0, 0.1) is 0 Å². The number of fused-ring (bicyclic) bond motifs is 2. The van der Waals surface area contributed by atoms with Gasteiger partial charge in [0.25, 0.3) is 0 Å². The minimum atomic E-state index is -0.740. The predicted octanol–water partition coefficient (Wildman–Crippen LogP) is 4.56. The first kappa shape index (κ1) is 17.5. The average Bonchev–Trinajstić information content (AvgIpc) is 2.99. The minimum Gasteiger partial charge on any atom is -0.481 e. The molecule has 2 heterocycles. The van der Waals surface area contributed by atoms with E-state index >= 15 is 0 Å². The van der Waals surface area contributed by atoms with Gasteiger partial charge in [0.15, 0.2) is 0 Å². The molecule has 1 aliphatic heterocycles. The molecule has 1 unspecified atom stereocenters. The fraction of sp³-hybridized carbons (Fsp3) is 0.409. The minimum absolute atomic E-state index is 0.439. The topological polar surface area (TPSA) is 40.5 Å². The van der Waals surface area contributed by atoms with Crippen molar-refractivity contribution in [1.29, 1.82) is 0 Å². The van der Waals surface area contributed by atoms with Gasteiger partial charge in [-0.2, -0.15) is 0 Å². The summed E-state index contributed by atoms with van der Waals surface area (Å²) >= 11 is 1.70. The molecule has 2 aliphatic rings. The van der Waals surface area contributed by atoms with Gasteiger partial charge in [0.1, 0.15) is 0 Å². The lowest BCUT2D eigenvalue weighted by molar-refractivity contribution is -0.138. The summed E-state index contributed by atoms with van der Waals surface area (Å²) in [4.78, 5) is 16.2. The van der Waals surface area contributed by atoms with Crippen molar-refractivity contribution in [2.75, 3.05) is 20.1 Å². The Morgan fingerprint density at radius 2 is 1.81 bits per heavy atom. The van der Waals surface area contributed by atoms with Crippen molar-refractivity contribution < 1.29 is 9.90 Å². The Hall–Kier alpha value is -1.91. The fourth-order valence-electron chi connectivity index (χ4n) is 4.05. The van der Waals surface area contributed by atoms with Gasteiger partial charge in [-0.15, -0.1) is 11.3 Å². The third kappa shape index (κ3) is 3.12. The standard InChI is InChI=1S/C22H25NO2S/c1-14(22(24)25)19-13-17-8-7-15-5-3-4-6-18(15)20(21(17)26-19)16-9-11-23(2)12-10-16/h3-6,13-14H,7-12H2,1-2H3,(H,24,25). The van der Waals surface area contributed by atoms with Crippen LogP contribution in [0.25, 0.3) is 5.57 Å². The van der Waals surface area contributed by atoms with E-state index in [-0.39, 0.29) is 0 Å². The van der Waals surface area contributed by atoms with Gasteiger partial charge >= 0.3 is 5.97 Å². The maximum atomic E-state index is 11.5. The summed E-state index contributed by atoms with van der Waals surface area (Å²) in [5, 5.41) is 9.44. The van der Waals surface area contributed by atoms with Crippen LogP contribution >= 0.6 is 11.3 Å². The zero-order valence-electron chi connectivity index (χ0n) is 15.4. The summed E-state index contributed by atoms with van der Waals surface area (Å²) in [6.07, 6.45) is 4.21. The summed E-state index contributed by atoms with van der Waals surface area (Å²) < 4.78 is 0. The maximum absolute atomic E-state index is 11.5. The molecule has 1 N–H and O–H groups in total. The number of piperidine rings is 1. The second kappa shape index (κ2) is 7.01. The zero-order chi connectivity index (χ0) is 18.3. The Morgan fingerprint density at radius 3 is 2.54 bits per heavy atom. The van der Waals surface area contributed by atoms with Crippen LogP contribution in [0.5, 0.6) is 0 Å². The molecule has 1 atom stereocenters. The lowest BCUT2D eigenvalue weighted by Gasteiger charge is -2.27. The van der Waals surface area contributed by atoms with Gasteiger partial charge in [-0.05, 0) is 68.0 Å². The molecular formula is C22H25NO2S. The molecule has 1 aromatic heterocycles. The number of thiophene rings is 1. The van der Waals surface area contributed by atoms with E-state index in [0.717, 1.165) is 43.6 Å². The number of benzene rings is 1. The van der Waals surface area contributed by atoms with Gasteiger partial charge in [-0.1, -0.05) is 29.8 Å². The van der Waals surface area contributed by atoms with E-state index in [1.807, 2.05) is 0 Å². The molecule has 1 saturated heterocycles. The van der Waals surface area contributed by atoms with Crippen LogP contribution in [0.15, 0.2) is 35.9 Å². The lowest BCUT2D eigenvalue weighted by atomic mass is 9.90. The van der Waals surface area contributed by atoms with Crippen molar-refractivity contribution in [2.45, 2.75) is 38.5 Å². The smallest absolute Gasteiger partial charge is 0.311 e. The van der Waals surface area contributed by atoms with Gasteiger partial charge in [0.05, 0.1) is 5.92 Å². The van der Waals surface area contributed by atoms with E-state index in [0.29, 0.717) is 0 Å². The van der Waals surface area contributed by atoms with E-state index in [4.69, 9.17) is 0 Å². The molecule has 1 fully saturated rings. The molecule has 0 bridgehead atoms. The quantitative estimate of drug-likeness (QED) is 0.846. The highest BCUT2D eigenvalue weighted by Crippen LogP contribution is 2.43. The first-order valence-corrected chi connectivity index (χ1v) is 10.2. The van der Waals surface area contributed by atoms with Gasteiger partial charge in [-0.3, -0.25) is 4.79 Å². The highest BCUT2D eigenvalue weighted by Gasteiger charge is 2.27. The van der Waals surface area contributed by atoms with Crippen molar-refractivity contribution in [3.8, 4) is 0 Å². The van der Waals surface area contributed by atoms with E-state index in [1.165, 1.54) is 32.7 Å². The van der Waals surface area contributed by atoms with Crippen molar-refractivity contribution in [2.24, 2.45) is 0 Å². The molecular weight excluding hydrogens is 342 g/mol. The summed E-state index contributed by atoms with van der Waals surface area (Å²) in [6.45, 7) is 3.99. The van der Waals surface area contributed by atoms with Crippen LogP contribution in [0.3, 0.4) is 0 Å². The van der Waals surface area contributed by atoms with Crippen LogP contribution < -0.4 is 0 Å².